The van der Waals surface area contributed by atoms with Crippen LogP contribution in [0.25, 0.3) is 0 Å². The first kappa shape index (κ1) is 12.4. The molecule has 0 saturated heterocycles. The highest BCUT2D eigenvalue weighted by Crippen LogP contribution is 2.28. The van der Waals surface area contributed by atoms with Crippen LogP contribution in [0.5, 0.6) is 0 Å². The second-order valence-corrected chi connectivity index (χ2v) is 4.49. The van der Waals surface area contributed by atoms with Crippen molar-refractivity contribution in [3.63, 3.8) is 0 Å². The van der Waals surface area contributed by atoms with Gasteiger partial charge in [0.1, 0.15) is 16.5 Å². The maximum atomic E-state index is 13.4. The third kappa shape index (κ3) is 2.80. The van der Waals surface area contributed by atoms with Gasteiger partial charge in [0.25, 0.3) is 0 Å². The molecule has 0 atom stereocenters. The van der Waals surface area contributed by atoms with Crippen molar-refractivity contribution in [1.82, 2.24) is 0 Å². The van der Waals surface area contributed by atoms with E-state index < -0.39 is 10.7 Å². The lowest BCUT2D eigenvalue weighted by atomic mass is 10.3. The molecule has 0 fully saturated rings. The van der Waals surface area contributed by atoms with Crippen LogP contribution in [0.3, 0.4) is 0 Å². The van der Waals surface area contributed by atoms with Crippen LogP contribution in [-0.4, -0.2) is 4.92 Å². The number of hydrogen-bond acceptors (Lipinski definition) is 5. The predicted octanol–water partition coefficient (Wildman–Crippen LogP) is 3.20. The second kappa shape index (κ2) is 5.09. The lowest BCUT2D eigenvalue weighted by Crippen LogP contribution is -1.88. The summed E-state index contributed by atoms with van der Waals surface area (Å²) in [6.45, 7) is 0. The molecule has 0 aliphatic rings. The summed E-state index contributed by atoms with van der Waals surface area (Å²) >= 11 is 1.19. The van der Waals surface area contributed by atoms with Crippen molar-refractivity contribution in [1.29, 1.82) is 0 Å². The standard InChI is InChI=1S/C11H9FN2O3S/c12-9-5-7(13)1-3-10(9)18-6-8-2-4-11(17-8)14(15)16/h1-5H,6,13H2. The van der Waals surface area contributed by atoms with E-state index in [4.69, 9.17) is 10.2 Å². The van der Waals surface area contributed by atoms with Gasteiger partial charge in [0, 0.05) is 10.6 Å². The van der Waals surface area contributed by atoms with Crippen LogP contribution in [0.2, 0.25) is 0 Å². The van der Waals surface area contributed by atoms with Crippen molar-refractivity contribution >= 4 is 23.3 Å². The maximum absolute atomic E-state index is 13.4. The lowest BCUT2D eigenvalue weighted by Gasteiger charge is -2.02. The number of rotatable bonds is 4. The van der Waals surface area contributed by atoms with Crippen molar-refractivity contribution in [3.8, 4) is 0 Å². The van der Waals surface area contributed by atoms with Crippen LogP contribution in [-0.2, 0) is 5.75 Å². The van der Waals surface area contributed by atoms with Crippen LogP contribution in [0.4, 0.5) is 16.0 Å². The van der Waals surface area contributed by atoms with Gasteiger partial charge >= 0.3 is 5.88 Å². The van der Waals surface area contributed by atoms with E-state index in [1.54, 1.807) is 12.1 Å². The number of nitrogens with zero attached hydrogens (tertiary/aromatic N) is 1. The largest absolute Gasteiger partial charge is 0.433 e. The molecule has 5 nitrogen and oxygen atoms in total. The third-order valence-electron chi connectivity index (χ3n) is 2.15. The first-order valence-electron chi connectivity index (χ1n) is 4.97. The molecule has 0 spiro atoms. The number of nitrogen functional groups attached to an aromatic ring is 1. The Labute approximate surface area is 106 Å². The Kier molecular flexibility index (Phi) is 3.52. The van der Waals surface area contributed by atoms with Gasteiger partial charge in [-0.3, -0.25) is 10.1 Å². The van der Waals surface area contributed by atoms with E-state index in [2.05, 4.69) is 0 Å². The molecule has 18 heavy (non-hydrogen) atoms. The topological polar surface area (TPSA) is 82.3 Å². The van der Waals surface area contributed by atoms with E-state index in [9.17, 15) is 14.5 Å². The maximum Gasteiger partial charge on any atom is 0.433 e. The highest BCUT2D eigenvalue weighted by atomic mass is 32.2. The summed E-state index contributed by atoms with van der Waals surface area (Å²) in [5.41, 5.74) is 5.78. The van der Waals surface area contributed by atoms with E-state index >= 15 is 0 Å². The molecular weight excluding hydrogens is 259 g/mol. The van der Waals surface area contributed by atoms with Crippen molar-refractivity contribution in [2.45, 2.75) is 10.6 Å². The molecular formula is C11H9FN2O3S. The van der Waals surface area contributed by atoms with Crippen LogP contribution in [0, 0.1) is 15.9 Å². The van der Waals surface area contributed by atoms with Crippen LogP contribution < -0.4 is 5.73 Å². The van der Waals surface area contributed by atoms with E-state index in [0.717, 1.165) is 0 Å². The number of anilines is 1. The third-order valence-corrected chi connectivity index (χ3v) is 3.22. The highest BCUT2D eigenvalue weighted by molar-refractivity contribution is 7.98. The summed E-state index contributed by atoms with van der Waals surface area (Å²) in [5, 5.41) is 10.4. The average Bonchev–Trinajstić information content (AvgIpc) is 2.76. The Morgan fingerprint density at radius 1 is 1.39 bits per heavy atom. The van der Waals surface area contributed by atoms with Crippen molar-refractivity contribution < 1.29 is 13.7 Å². The number of nitrogens with two attached hydrogens (primary N) is 1. The molecule has 0 radical (unpaired) electrons. The summed E-state index contributed by atoms with van der Waals surface area (Å²) < 4.78 is 18.4. The number of hydrogen-bond donors (Lipinski definition) is 1. The van der Waals surface area contributed by atoms with Crippen molar-refractivity contribution in [3.05, 3.63) is 52.0 Å². The molecule has 7 heteroatoms. The highest BCUT2D eigenvalue weighted by Gasteiger charge is 2.12. The molecule has 1 aromatic heterocycles. The smallest absolute Gasteiger partial charge is 0.405 e. The average molecular weight is 268 g/mol. The van der Waals surface area contributed by atoms with E-state index in [1.807, 2.05) is 0 Å². The summed E-state index contributed by atoms with van der Waals surface area (Å²) in [6.07, 6.45) is 0. The zero-order valence-corrected chi connectivity index (χ0v) is 9.95. The Morgan fingerprint density at radius 2 is 2.17 bits per heavy atom. The number of thioether (sulfide) groups is 1. The molecule has 0 bridgehead atoms. The summed E-state index contributed by atoms with van der Waals surface area (Å²) in [4.78, 5) is 10.2. The monoisotopic (exact) mass is 268 g/mol. The van der Waals surface area contributed by atoms with Gasteiger partial charge in [-0.15, -0.1) is 11.8 Å². The number of halogens is 1. The molecule has 1 heterocycles. The molecule has 0 aliphatic heterocycles. The van der Waals surface area contributed by atoms with Crippen molar-refractivity contribution in [2.75, 3.05) is 5.73 Å². The van der Waals surface area contributed by atoms with Gasteiger partial charge in [-0.05, 0) is 24.3 Å². The minimum absolute atomic E-state index is 0.314. The molecule has 94 valence electrons. The Bertz CT molecular complexity index is 585. The van der Waals surface area contributed by atoms with Gasteiger partial charge in [0.05, 0.1) is 11.8 Å². The number of nitro groups is 1. The molecule has 0 unspecified atom stereocenters. The molecule has 0 aliphatic carbocycles. The molecule has 2 aromatic rings. The minimum atomic E-state index is -0.613. The quantitative estimate of drug-likeness (QED) is 0.398. The molecule has 2 N–H and O–H groups in total. The van der Waals surface area contributed by atoms with Gasteiger partial charge in [-0.25, -0.2) is 4.39 Å². The van der Waals surface area contributed by atoms with Gasteiger partial charge in [-0.2, -0.15) is 0 Å². The first-order chi connectivity index (χ1) is 8.56. The van der Waals surface area contributed by atoms with Crippen LogP contribution in [0.15, 0.2) is 39.6 Å². The Balaban J connectivity index is 2.04. The van der Waals surface area contributed by atoms with Gasteiger partial charge < -0.3 is 10.2 Å². The number of benzene rings is 1. The first-order valence-corrected chi connectivity index (χ1v) is 5.96. The molecule has 2 rings (SSSR count). The normalized spacial score (nSPS) is 10.5. The van der Waals surface area contributed by atoms with Gasteiger partial charge in [0.2, 0.25) is 0 Å². The van der Waals surface area contributed by atoms with E-state index in [0.29, 0.717) is 22.1 Å². The number of furan rings is 1. The predicted molar refractivity (Wildman–Crippen MR) is 65.7 cm³/mol. The Hall–Kier alpha value is -2.02. The lowest BCUT2D eigenvalue weighted by molar-refractivity contribution is -0.402. The van der Waals surface area contributed by atoms with E-state index in [-0.39, 0.29) is 5.88 Å². The summed E-state index contributed by atoms with van der Waals surface area (Å²) in [5.74, 6) is 0.00153. The zero-order valence-electron chi connectivity index (χ0n) is 9.13. The van der Waals surface area contributed by atoms with Crippen molar-refractivity contribution in [2.24, 2.45) is 0 Å². The van der Waals surface area contributed by atoms with Gasteiger partial charge in [-0.1, -0.05) is 0 Å². The van der Waals surface area contributed by atoms with Gasteiger partial charge in [0.15, 0.2) is 0 Å². The SMILES string of the molecule is Nc1ccc(SCc2ccc([N+](=O)[O-])o2)c(F)c1. The molecule has 0 saturated carbocycles. The fraction of sp³-hybridized carbons (Fsp3) is 0.0909. The van der Waals surface area contributed by atoms with Crippen LogP contribution in [0.1, 0.15) is 5.76 Å². The fourth-order valence-corrected chi connectivity index (χ4v) is 2.14. The summed E-state index contributed by atoms with van der Waals surface area (Å²) in [7, 11) is 0. The van der Waals surface area contributed by atoms with Crippen LogP contribution >= 0.6 is 11.8 Å². The molecule has 1 aromatic carbocycles. The molecule has 0 amide bonds. The minimum Gasteiger partial charge on any atom is -0.405 e. The zero-order chi connectivity index (χ0) is 13.1. The Morgan fingerprint density at radius 3 is 2.78 bits per heavy atom. The fourth-order valence-electron chi connectivity index (χ4n) is 1.33. The summed E-state index contributed by atoms with van der Waals surface area (Å²) in [6, 6.07) is 7.16. The van der Waals surface area contributed by atoms with E-state index in [1.165, 1.54) is 30.0 Å². The second-order valence-electron chi connectivity index (χ2n) is 3.48.